The third-order valence-electron chi connectivity index (χ3n) is 2.82. The number of methoxy groups -OCH3 is 1. The number of ether oxygens (including phenoxy) is 2. The van der Waals surface area contributed by atoms with E-state index in [9.17, 15) is 4.39 Å². The van der Waals surface area contributed by atoms with Gasteiger partial charge in [-0.05, 0) is 29.8 Å². The molecule has 0 saturated carbocycles. The summed E-state index contributed by atoms with van der Waals surface area (Å²) >= 11 is 0. The predicted octanol–water partition coefficient (Wildman–Crippen LogP) is 2.72. The molecular weight excluding hydrogens is 269 g/mol. The van der Waals surface area contributed by atoms with Gasteiger partial charge in [0.1, 0.15) is 12.4 Å². The first kappa shape index (κ1) is 14.9. The Balaban J connectivity index is 2.13. The molecule has 3 nitrogen and oxygen atoms in total. The fourth-order valence-electron chi connectivity index (χ4n) is 1.80. The summed E-state index contributed by atoms with van der Waals surface area (Å²) < 4.78 is 24.5. The molecule has 0 amide bonds. The molecule has 0 saturated heterocycles. The van der Waals surface area contributed by atoms with Gasteiger partial charge in [-0.1, -0.05) is 30.0 Å². The van der Waals surface area contributed by atoms with Crippen molar-refractivity contribution in [3.05, 3.63) is 59.4 Å². The van der Waals surface area contributed by atoms with Crippen LogP contribution in [0.25, 0.3) is 0 Å². The van der Waals surface area contributed by atoms with Crippen molar-refractivity contribution in [2.45, 2.75) is 6.61 Å². The van der Waals surface area contributed by atoms with Gasteiger partial charge in [-0.15, -0.1) is 0 Å². The Labute approximate surface area is 123 Å². The smallest absolute Gasteiger partial charge is 0.161 e. The summed E-state index contributed by atoms with van der Waals surface area (Å²) in [4.78, 5) is 0. The molecule has 0 fully saturated rings. The first-order valence-corrected chi connectivity index (χ1v) is 6.47. The van der Waals surface area contributed by atoms with E-state index >= 15 is 0 Å². The lowest BCUT2D eigenvalue weighted by molar-refractivity contribution is 0.284. The molecule has 2 aromatic rings. The van der Waals surface area contributed by atoms with Gasteiger partial charge in [-0.3, -0.25) is 0 Å². The summed E-state index contributed by atoms with van der Waals surface area (Å²) in [6.45, 7) is 0.499. The van der Waals surface area contributed by atoms with Gasteiger partial charge in [-0.25, -0.2) is 4.39 Å². The molecule has 2 aromatic carbocycles. The Kier molecular flexibility index (Phi) is 5.19. The molecule has 0 aliphatic carbocycles. The standard InChI is InChI=1S/C17H16FNO2/c1-20-16-6-2-3-7-17(16)21-12-13-8-9-15(18)14(11-13)5-4-10-19/h2-3,6-9,11H,10,12,19H2,1H3. The van der Waals surface area contributed by atoms with E-state index in [4.69, 9.17) is 15.2 Å². The predicted molar refractivity (Wildman–Crippen MR) is 79.7 cm³/mol. The number of para-hydroxylation sites is 2. The molecule has 21 heavy (non-hydrogen) atoms. The lowest BCUT2D eigenvalue weighted by Crippen LogP contribution is -1.99. The van der Waals surface area contributed by atoms with Crippen molar-refractivity contribution < 1.29 is 13.9 Å². The second-order valence-corrected chi connectivity index (χ2v) is 4.26. The van der Waals surface area contributed by atoms with Crippen LogP contribution in [0.3, 0.4) is 0 Å². The van der Waals surface area contributed by atoms with E-state index in [1.54, 1.807) is 19.2 Å². The Morgan fingerprint density at radius 2 is 1.90 bits per heavy atom. The fourth-order valence-corrected chi connectivity index (χ4v) is 1.80. The molecule has 108 valence electrons. The van der Waals surface area contributed by atoms with Gasteiger partial charge >= 0.3 is 0 Å². The molecule has 0 spiro atoms. The summed E-state index contributed by atoms with van der Waals surface area (Å²) in [5, 5.41) is 0. The minimum absolute atomic E-state index is 0.196. The monoisotopic (exact) mass is 285 g/mol. The zero-order chi connectivity index (χ0) is 15.1. The largest absolute Gasteiger partial charge is 0.493 e. The molecule has 0 aliphatic rings. The molecule has 4 heteroatoms. The van der Waals surface area contributed by atoms with Crippen LogP contribution >= 0.6 is 0 Å². The SMILES string of the molecule is COc1ccccc1OCc1ccc(F)c(C#CCN)c1. The van der Waals surface area contributed by atoms with E-state index in [1.807, 2.05) is 24.3 Å². The van der Waals surface area contributed by atoms with Crippen LogP contribution in [0.5, 0.6) is 11.5 Å². The fraction of sp³-hybridized carbons (Fsp3) is 0.176. The van der Waals surface area contributed by atoms with Gasteiger partial charge in [0.15, 0.2) is 11.5 Å². The maximum absolute atomic E-state index is 13.6. The topological polar surface area (TPSA) is 44.5 Å². The van der Waals surface area contributed by atoms with Crippen LogP contribution in [0, 0.1) is 17.7 Å². The maximum Gasteiger partial charge on any atom is 0.161 e. The third-order valence-corrected chi connectivity index (χ3v) is 2.82. The first-order chi connectivity index (χ1) is 10.2. The van der Waals surface area contributed by atoms with E-state index < -0.39 is 0 Å². The second kappa shape index (κ2) is 7.32. The number of hydrogen-bond donors (Lipinski definition) is 1. The Morgan fingerprint density at radius 1 is 1.14 bits per heavy atom. The Bertz CT molecular complexity index is 674. The number of halogens is 1. The van der Waals surface area contributed by atoms with E-state index in [-0.39, 0.29) is 12.4 Å². The second-order valence-electron chi connectivity index (χ2n) is 4.26. The summed E-state index contributed by atoms with van der Waals surface area (Å²) in [5.74, 6) is 6.27. The number of hydrogen-bond acceptors (Lipinski definition) is 3. The van der Waals surface area contributed by atoms with Crippen molar-refractivity contribution in [1.82, 2.24) is 0 Å². The van der Waals surface area contributed by atoms with Crippen LogP contribution in [0.4, 0.5) is 4.39 Å². The van der Waals surface area contributed by atoms with Crippen LogP contribution < -0.4 is 15.2 Å². The Morgan fingerprint density at radius 3 is 2.62 bits per heavy atom. The number of rotatable bonds is 4. The molecule has 0 bridgehead atoms. The minimum atomic E-state index is -0.364. The third kappa shape index (κ3) is 3.98. The first-order valence-electron chi connectivity index (χ1n) is 6.47. The molecule has 0 heterocycles. The van der Waals surface area contributed by atoms with Crippen LogP contribution in [-0.2, 0) is 6.61 Å². The highest BCUT2D eigenvalue weighted by Crippen LogP contribution is 2.26. The summed E-state index contributed by atoms with van der Waals surface area (Å²) in [6, 6.07) is 12.1. The maximum atomic E-state index is 13.6. The van der Waals surface area contributed by atoms with Crippen LogP contribution in [-0.4, -0.2) is 13.7 Å². The molecule has 2 rings (SSSR count). The zero-order valence-corrected chi connectivity index (χ0v) is 11.7. The van der Waals surface area contributed by atoms with E-state index in [2.05, 4.69) is 11.8 Å². The van der Waals surface area contributed by atoms with Crippen LogP contribution in [0.15, 0.2) is 42.5 Å². The number of nitrogens with two attached hydrogens (primary N) is 1. The van der Waals surface area contributed by atoms with Crippen molar-refractivity contribution in [2.75, 3.05) is 13.7 Å². The van der Waals surface area contributed by atoms with E-state index in [0.29, 0.717) is 23.7 Å². The highest BCUT2D eigenvalue weighted by molar-refractivity contribution is 5.41. The molecule has 0 aliphatic heterocycles. The lowest BCUT2D eigenvalue weighted by Gasteiger charge is -2.10. The summed E-state index contributed by atoms with van der Waals surface area (Å²) in [5.41, 5.74) is 6.44. The van der Waals surface area contributed by atoms with Gasteiger partial charge in [0.2, 0.25) is 0 Å². The number of benzene rings is 2. The van der Waals surface area contributed by atoms with Crippen molar-refractivity contribution in [2.24, 2.45) is 5.73 Å². The molecule has 0 unspecified atom stereocenters. The minimum Gasteiger partial charge on any atom is -0.493 e. The molecule has 2 N–H and O–H groups in total. The normalized spacial score (nSPS) is 9.67. The van der Waals surface area contributed by atoms with Gasteiger partial charge in [0.05, 0.1) is 19.2 Å². The quantitative estimate of drug-likeness (QED) is 0.878. The van der Waals surface area contributed by atoms with Gasteiger partial charge < -0.3 is 15.2 Å². The van der Waals surface area contributed by atoms with Gasteiger partial charge in [0.25, 0.3) is 0 Å². The van der Waals surface area contributed by atoms with E-state index in [1.165, 1.54) is 6.07 Å². The molecule has 0 aromatic heterocycles. The average molecular weight is 285 g/mol. The van der Waals surface area contributed by atoms with Crippen molar-refractivity contribution in [3.8, 4) is 23.3 Å². The van der Waals surface area contributed by atoms with Crippen molar-refractivity contribution in [1.29, 1.82) is 0 Å². The van der Waals surface area contributed by atoms with Crippen molar-refractivity contribution >= 4 is 0 Å². The molecular formula is C17H16FNO2. The van der Waals surface area contributed by atoms with Crippen molar-refractivity contribution in [3.63, 3.8) is 0 Å². The van der Waals surface area contributed by atoms with Gasteiger partial charge in [0, 0.05) is 0 Å². The average Bonchev–Trinajstić information content (AvgIpc) is 2.53. The summed E-state index contributed by atoms with van der Waals surface area (Å²) in [7, 11) is 1.58. The summed E-state index contributed by atoms with van der Waals surface area (Å²) in [6.07, 6.45) is 0. The molecule has 0 atom stereocenters. The highest BCUT2D eigenvalue weighted by atomic mass is 19.1. The van der Waals surface area contributed by atoms with E-state index in [0.717, 1.165) is 5.56 Å². The Hall–Kier alpha value is -2.51. The zero-order valence-electron chi connectivity index (χ0n) is 11.7. The lowest BCUT2D eigenvalue weighted by atomic mass is 10.1. The molecule has 0 radical (unpaired) electrons. The van der Waals surface area contributed by atoms with Crippen LogP contribution in [0.1, 0.15) is 11.1 Å². The van der Waals surface area contributed by atoms with Crippen LogP contribution in [0.2, 0.25) is 0 Å². The highest BCUT2D eigenvalue weighted by Gasteiger charge is 2.05. The van der Waals surface area contributed by atoms with Gasteiger partial charge in [-0.2, -0.15) is 0 Å².